The summed E-state index contributed by atoms with van der Waals surface area (Å²) in [5, 5.41) is 9.38. The zero-order chi connectivity index (χ0) is 14.2. The first-order valence-corrected chi connectivity index (χ1v) is 6.42. The number of hydrogen-bond acceptors (Lipinski definition) is 6. The Hall–Kier alpha value is -1.39. The number of ether oxygens (including phenoxy) is 1. The van der Waals surface area contributed by atoms with Crippen LogP contribution in [0.3, 0.4) is 0 Å². The average molecular weight is 282 g/mol. The molecule has 1 rings (SSSR count). The number of rotatable bonds is 4. The van der Waals surface area contributed by atoms with E-state index in [0.29, 0.717) is 0 Å². The lowest BCUT2D eigenvalue weighted by atomic mass is 9.83. The first-order valence-electron chi connectivity index (χ1n) is 5.02. The van der Waals surface area contributed by atoms with Crippen molar-refractivity contribution in [2.45, 2.75) is 32.1 Å². The number of carbonyl (C=O) groups is 2. The van der Waals surface area contributed by atoms with Crippen molar-refractivity contribution in [3.05, 3.63) is 0 Å². The lowest BCUT2D eigenvalue weighted by Gasteiger charge is -2.47. The molecule has 18 heavy (non-hydrogen) atoms. The van der Waals surface area contributed by atoms with E-state index in [1.54, 1.807) is 0 Å². The Morgan fingerprint density at radius 1 is 1.50 bits per heavy atom. The molecule has 1 fully saturated rings. The molecule has 0 aromatic rings. The highest BCUT2D eigenvalue weighted by atomic mass is 32.2. The van der Waals surface area contributed by atoms with Gasteiger partial charge in [0.2, 0.25) is 5.91 Å². The van der Waals surface area contributed by atoms with Gasteiger partial charge in [-0.3, -0.25) is 9.35 Å². The molecule has 0 spiro atoms. The molecule has 1 aliphatic heterocycles. The van der Waals surface area contributed by atoms with Crippen LogP contribution in [0.15, 0.2) is 0 Å². The van der Waals surface area contributed by atoms with Crippen molar-refractivity contribution in [3.63, 3.8) is 0 Å². The molecule has 1 saturated heterocycles. The summed E-state index contributed by atoms with van der Waals surface area (Å²) in [6.07, 6.45) is -3.39. The molecule has 2 amide bonds. The van der Waals surface area contributed by atoms with Gasteiger partial charge in [-0.25, -0.2) is 9.10 Å². The first kappa shape index (κ1) is 14.7. The maximum atomic E-state index is 11.5. The van der Waals surface area contributed by atoms with Crippen LogP contribution in [-0.2, 0) is 19.8 Å². The molecular weight excluding hydrogens is 268 g/mol. The van der Waals surface area contributed by atoms with Crippen LogP contribution in [0, 0.1) is 5.92 Å². The van der Waals surface area contributed by atoms with Gasteiger partial charge in [0.25, 0.3) is 0 Å². The summed E-state index contributed by atoms with van der Waals surface area (Å²) in [6.45, 7) is 2.59. The van der Waals surface area contributed by atoms with Gasteiger partial charge in [-0.2, -0.15) is 8.42 Å². The van der Waals surface area contributed by atoms with Crippen LogP contribution in [0.4, 0.5) is 4.79 Å². The van der Waals surface area contributed by atoms with Crippen LogP contribution in [-0.4, -0.2) is 52.6 Å². The van der Waals surface area contributed by atoms with Crippen molar-refractivity contribution in [3.8, 4) is 0 Å². The fourth-order valence-corrected chi connectivity index (χ4v) is 2.96. The average Bonchev–Trinajstić information content (AvgIpc) is 2.08. The van der Waals surface area contributed by atoms with E-state index in [1.165, 1.54) is 13.8 Å². The van der Waals surface area contributed by atoms with Crippen LogP contribution in [0.5, 0.6) is 0 Å². The van der Waals surface area contributed by atoms with E-state index in [-0.39, 0.29) is 4.31 Å². The number of amides is 2. The molecule has 104 valence electrons. The molecule has 1 heterocycles. The van der Waals surface area contributed by atoms with Gasteiger partial charge in [0.1, 0.15) is 12.1 Å². The van der Waals surface area contributed by atoms with Crippen molar-refractivity contribution in [1.82, 2.24) is 4.31 Å². The molecule has 0 saturated carbocycles. The van der Waals surface area contributed by atoms with Crippen LogP contribution >= 0.6 is 0 Å². The number of aliphatic hydroxyl groups is 1. The second-order valence-electron chi connectivity index (χ2n) is 4.01. The molecule has 0 radical (unpaired) electrons. The molecule has 4 atom stereocenters. The normalized spacial score (nSPS) is 27.3. The van der Waals surface area contributed by atoms with Crippen molar-refractivity contribution < 1.29 is 32.4 Å². The number of hydrogen-bond donors (Lipinski definition) is 3. The van der Waals surface area contributed by atoms with Gasteiger partial charge in [-0.05, 0) is 13.8 Å². The minimum absolute atomic E-state index is 0.165. The summed E-state index contributed by atoms with van der Waals surface area (Å²) in [7, 11) is -4.77. The minimum atomic E-state index is -4.77. The van der Waals surface area contributed by atoms with Crippen molar-refractivity contribution >= 4 is 22.3 Å². The van der Waals surface area contributed by atoms with E-state index in [4.69, 9.17) is 10.3 Å². The summed E-state index contributed by atoms with van der Waals surface area (Å²) in [5.41, 5.74) is 4.78. The lowest BCUT2D eigenvalue weighted by Crippen LogP contribution is -2.69. The van der Waals surface area contributed by atoms with E-state index in [0.717, 1.165) is 0 Å². The molecule has 9 nitrogen and oxygen atoms in total. The highest BCUT2D eigenvalue weighted by Gasteiger charge is 2.58. The zero-order valence-electron chi connectivity index (χ0n) is 9.68. The van der Waals surface area contributed by atoms with Crippen LogP contribution in [0.1, 0.15) is 13.8 Å². The summed E-state index contributed by atoms with van der Waals surface area (Å²) < 4.78 is 35.6. The maximum absolute atomic E-state index is 11.5. The fraction of sp³-hybridized carbons (Fsp3) is 0.750. The summed E-state index contributed by atoms with van der Waals surface area (Å²) >= 11 is 0. The highest BCUT2D eigenvalue weighted by molar-refractivity contribution is 7.84. The van der Waals surface area contributed by atoms with Gasteiger partial charge in [0, 0.05) is 0 Å². The van der Waals surface area contributed by atoms with Gasteiger partial charge in [0.15, 0.2) is 0 Å². The molecule has 0 aliphatic carbocycles. The monoisotopic (exact) mass is 282 g/mol. The third kappa shape index (κ3) is 2.54. The molecular formula is C8H14N2O7S. The predicted octanol–water partition coefficient (Wildman–Crippen LogP) is -1.52. The smallest absolute Gasteiger partial charge is 0.404 e. The Morgan fingerprint density at radius 3 is 2.33 bits per heavy atom. The molecule has 0 unspecified atom stereocenters. The van der Waals surface area contributed by atoms with E-state index in [9.17, 15) is 23.1 Å². The minimum Gasteiger partial charge on any atom is -0.444 e. The molecule has 0 aromatic carbocycles. The van der Waals surface area contributed by atoms with Gasteiger partial charge in [0.05, 0.1) is 12.0 Å². The van der Waals surface area contributed by atoms with Crippen LogP contribution in [0.2, 0.25) is 0 Å². The molecule has 1 aliphatic rings. The summed E-state index contributed by atoms with van der Waals surface area (Å²) in [4.78, 5) is 22.1. The summed E-state index contributed by atoms with van der Waals surface area (Å²) in [5.74, 6) is -2.04. The van der Waals surface area contributed by atoms with E-state index in [1.807, 2.05) is 0 Å². The topological polar surface area (TPSA) is 147 Å². The Labute approximate surface area is 103 Å². The third-order valence-electron chi connectivity index (χ3n) is 2.69. The van der Waals surface area contributed by atoms with Crippen LogP contribution < -0.4 is 5.73 Å². The van der Waals surface area contributed by atoms with Crippen molar-refractivity contribution in [2.24, 2.45) is 11.7 Å². The SMILES string of the molecule is C[C@H](OC(N)=O)[C@@H]1[C@@H]([C@@H](C)O)C(=O)N1S(=O)(=O)O. The number of β-lactam (4-membered cyclic amide) rings is 1. The largest absolute Gasteiger partial charge is 0.444 e. The Morgan fingerprint density at radius 2 is 2.00 bits per heavy atom. The van der Waals surface area contributed by atoms with Crippen LogP contribution in [0.25, 0.3) is 0 Å². The number of nitrogens with zero attached hydrogens (tertiary/aromatic N) is 1. The van der Waals surface area contributed by atoms with E-state index in [2.05, 4.69) is 4.74 Å². The molecule has 0 aromatic heterocycles. The second-order valence-corrected chi connectivity index (χ2v) is 5.30. The third-order valence-corrected chi connectivity index (χ3v) is 3.61. The second kappa shape index (κ2) is 4.71. The molecule has 0 bridgehead atoms. The van der Waals surface area contributed by atoms with Gasteiger partial charge in [-0.1, -0.05) is 0 Å². The predicted molar refractivity (Wildman–Crippen MR) is 57.5 cm³/mol. The highest BCUT2D eigenvalue weighted by Crippen LogP contribution is 2.35. The van der Waals surface area contributed by atoms with Crippen molar-refractivity contribution in [2.75, 3.05) is 0 Å². The molecule has 10 heteroatoms. The Balaban J connectivity index is 3.01. The maximum Gasteiger partial charge on any atom is 0.404 e. The van der Waals surface area contributed by atoms with E-state index >= 15 is 0 Å². The summed E-state index contributed by atoms with van der Waals surface area (Å²) in [6, 6.07) is -1.18. The standard InChI is InChI=1S/C8H14N2O7S/c1-3(11)5-6(4(2)17-8(9)13)10(7(5)12)18(14,15)16/h3-6,11H,1-2H3,(H2,9,13)(H,14,15,16)/t3-,4+,5-,6-/m1/s1. The molecule has 4 N–H and O–H groups in total. The Kier molecular flexibility index (Phi) is 3.84. The Bertz CT molecular complexity index is 460. The van der Waals surface area contributed by atoms with Crippen molar-refractivity contribution in [1.29, 1.82) is 0 Å². The number of nitrogens with two attached hydrogens (primary N) is 1. The van der Waals surface area contributed by atoms with Gasteiger partial charge >= 0.3 is 16.4 Å². The first-order chi connectivity index (χ1) is 8.07. The van der Waals surface area contributed by atoms with Gasteiger partial charge in [-0.15, -0.1) is 0 Å². The quantitative estimate of drug-likeness (QED) is 0.419. The lowest BCUT2D eigenvalue weighted by molar-refractivity contribution is -0.160. The number of carbonyl (C=O) groups excluding carboxylic acids is 2. The van der Waals surface area contributed by atoms with E-state index < -0.39 is 46.5 Å². The number of aliphatic hydroxyl groups excluding tert-OH is 1. The number of primary amides is 1. The van der Waals surface area contributed by atoms with Gasteiger partial charge < -0.3 is 15.6 Å². The fourth-order valence-electron chi connectivity index (χ4n) is 2.00. The zero-order valence-corrected chi connectivity index (χ0v) is 10.5.